The minimum atomic E-state index is -1.16. The zero-order chi connectivity index (χ0) is 25.9. The highest BCUT2D eigenvalue weighted by atomic mass is 19.1. The molecule has 9 nitrogen and oxygen atoms in total. The van der Waals surface area contributed by atoms with Gasteiger partial charge in [-0.2, -0.15) is 5.10 Å². The van der Waals surface area contributed by atoms with E-state index in [9.17, 15) is 13.6 Å². The molecule has 3 atom stereocenters. The van der Waals surface area contributed by atoms with Gasteiger partial charge in [-0.25, -0.2) is 18.7 Å². The molecule has 2 aromatic carbocycles. The largest absolute Gasteiger partial charge is 0.494 e. The number of anilines is 1. The van der Waals surface area contributed by atoms with Crippen LogP contribution in [0.1, 0.15) is 34.1 Å². The zero-order valence-corrected chi connectivity index (χ0v) is 20.3. The van der Waals surface area contributed by atoms with E-state index in [0.717, 1.165) is 5.39 Å². The van der Waals surface area contributed by atoms with Crippen molar-refractivity contribution in [2.75, 3.05) is 25.6 Å². The number of benzene rings is 2. The molecule has 2 aromatic heterocycles. The Morgan fingerprint density at radius 2 is 2.11 bits per heavy atom. The number of halogens is 2. The maximum atomic E-state index is 14.5. The average molecular weight is 509 g/mol. The Kier molecular flexibility index (Phi) is 6.95. The van der Waals surface area contributed by atoms with Gasteiger partial charge >= 0.3 is 0 Å². The summed E-state index contributed by atoms with van der Waals surface area (Å²) in [5.41, 5.74) is 2.08. The van der Waals surface area contributed by atoms with E-state index in [4.69, 9.17) is 9.47 Å². The molecule has 1 saturated heterocycles. The lowest BCUT2D eigenvalue weighted by Crippen LogP contribution is -2.39. The molecule has 0 radical (unpaired) electrons. The molecular formula is C26H26F2N6O3. The predicted molar refractivity (Wildman–Crippen MR) is 133 cm³/mol. The van der Waals surface area contributed by atoms with E-state index in [1.807, 2.05) is 0 Å². The van der Waals surface area contributed by atoms with E-state index in [2.05, 4.69) is 25.7 Å². The number of amides is 1. The maximum absolute atomic E-state index is 14.5. The molecule has 1 aliphatic rings. The van der Waals surface area contributed by atoms with Gasteiger partial charge in [0.25, 0.3) is 5.91 Å². The van der Waals surface area contributed by atoms with Gasteiger partial charge < -0.3 is 20.1 Å². The van der Waals surface area contributed by atoms with E-state index in [1.54, 1.807) is 54.5 Å². The van der Waals surface area contributed by atoms with Gasteiger partial charge in [0.2, 0.25) is 5.95 Å². The first kappa shape index (κ1) is 24.6. The fourth-order valence-corrected chi connectivity index (χ4v) is 4.34. The summed E-state index contributed by atoms with van der Waals surface area (Å²) >= 11 is 0. The zero-order valence-electron chi connectivity index (χ0n) is 20.3. The van der Waals surface area contributed by atoms with Crippen LogP contribution in [0.5, 0.6) is 5.75 Å². The van der Waals surface area contributed by atoms with Gasteiger partial charge in [-0.1, -0.05) is 12.1 Å². The average Bonchev–Trinajstić information content (AvgIpc) is 3.33. The Labute approximate surface area is 211 Å². The summed E-state index contributed by atoms with van der Waals surface area (Å²) in [5, 5.41) is 10.9. The first-order valence-corrected chi connectivity index (χ1v) is 11.8. The summed E-state index contributed by atoms with van der Waals surface area (Å²) in [6, 6.07) is 10.2. The summed E-state index contributed by atoms with van der Waals surface area (Å²) in [5.74, 6) is -0.534. The fourth-order valence-electron chi connectivity index (χ4n) is 4.34. The van der Waals surface area contributed by atoms with Gasteiger partial charge in [0.15, 0.2) is 11.6 Å². The van der Waals surface area contributed by atoms with E-state index < -0.39 is 24.1 Å². The Hall–Kier alpha value is -4.12. The minimum Gasteiger partial charge on any atom is -0.494 e. The standard InChI is InChI=1S/C26H26F2N6O3/c1-34-22(7-9-30-34)24(15-5-6-23(36-2)18(27)11-15)33-25(35)16-3-4-17-13-29-26(32-21(17)12-16)31-20-8-10-37-14-19(20)28/h3-7,9,11-13,19-20,24H,8,10,14H2,1-2H3,(H,33,35)(H,29,31,32)/t19-,20-,24-/m0/s1. The number of carbonyl (C=O) groups is 1. The second-order valence-corrected chi connectivity index (χ2v) is 8.78. The lowest BCUT2D eigenvalue weighted by atomic mass is 10.0. The third-order valence-electron chi connectivity index (χ3n) is 6.39. The molecule has 0 saturated carbocycles. The molecule has 3 heterocycles. The van der Waals surface area contributed by atoms with E-state index >= 15 is 0 Å². The third kappa shape index (κ3) is 5.21. The number of rotatable bonds is 7. The number of aryl methyl sites for hydroxylation is 1. The molecule has 1 aliphatic heterocycles. The van der Waals surface area contributed by atoms with Crippen molar-refractivity contribution in [1.29, 1.82) is 0 Å². The van der Waals surface area contributed by atoms with Crippen LogP contribution in [0.4, 0.5) is 14.7 Å². The summed E-state index contributed by atoms with van der Waals surface area (Å²) in [4.78, 5) is 22.1. The Bertz CT molecular complexity index is 1430. The van der Waals surface area contributed by atoms with E-state index in [-0.39, 0.29) is 24.2 Å². The second-order valence-electron chi connectivity index (χ2n) is 8.78. The van der Waals surface area contributed by atoms with E-state index in [0.29, 0.717) is 35.4 Å². The van der Waals surface area contributed by atoms with Crippen molar-refractivity contribution in [3.8, 4) is 5.75 Å². The predicted octanol–water partition coefficient (Wildman–Crippen LogP) is 3.57. The molecule has 4 aromatic rings. The first-order valence-electron chi connectivity index (χ1n) is 11.8. The SMILES string of the molecule is COc1ccc([C@H](NC(=O)c2ccc3cnc(N[C@H]4CCOC[C@@H]4F)nc3c2)c2ccnn2C)cc1F. The number of carbonyl (C=O) groups excluding carboxylic acids is 1. The van der Waals surface area contributed by atoms with Gasteiger partial charge in [-0.15, -0.1) is 0 Å². The monoisotopic (exact) mass is 508 g/mol. The normalized spacial score (nSPS) is 18.4. The van der Waals surface area contributed by atoms with Crippen molar-refractivity contribution in [2.24, 2.45) is 7.05 Å². The number of hydrogen-bond donors (Lipinski definition) is 2. The van der Waals surface area contributed by atoms with Crippen molar-refractivity contribution < 1.29 is 23.0 Å². The molecule has 0 bridgehead atoms. The van der Waals surface area contributed by atoms with Gasteiger partial charge in [0.05, 0.1) is 37.0 Å². The van der Waals surface area contributed by atoms with E-state index in [1.165, 1.54) is 19.2 Å². The molecule has 0 aliphatic carbocycles. The molecule has 192 valence electrons. The summed E-state index contributed by atoms with van der Waals surface area (Å²) in [6.07, 6.45) is 2.58. The summed E-state index contributed by atoms with van der Waals surface area (Å²) in [6.45, 7) is 0.497. The molecule has 11 heteroatoms. The molecule has 1 fully saturated rings. The number of nitrogens with zero attached hydrogens (tertiary/aromatic N) is 4. The summed E-state index contributed by atoms with van der Waals surface area (Å²) < 4.78 is 40.5. The van der Waals surface area contributed by atoms with Crippen LogP contribution in [0.15, 0.2) is 54.9 Å². The van der Waals surface area contributed by atoms with Crippen molar-refractivity contribution in [3.05, 3.63) is 77.5 Å². The van der Waals surface area contributed by atoms with Gasteiger partial charge in [0, 0.05) is 37.0 Å². The van der Waals surface area contributed by atoms with Crippen LogP contribution in [-0.2, 0) is 11.8 Å². The van der Waals surface area contributed by atoms with Crippen LogP contribution in [0.2, 0.25) is 0 Å². The van der Waals surface area contributed by atoms with Crippen molar-refractivity contribution in [2.45, 2.75) is 24.7 Å². The molecule has 5 rings (SSSR count). The Morgan fingerprint density at radius 3 is 2.84 bits per heavy atom. The van der Waals surface area contributed by atoms with Gasteiger partial charge in [-0.3, -0.25) is 9.48 Å². The van der Waals surface area contributed by atoms with Crippen LogP contribution in [-0.4, -0.2) is 58.2 Å². The van der Waals surface area contributed by atoms with Gasteiger partial charge in [0.1, 0.15) is 6.17 Å². The molecular weight excluding hydrogens is 482 g/mol. The molecule has 1 amide bonds. The first-order chi connectivity index (χ1) is 17.9. The third-order valence-corrected chi connectivity index (χ3v) is 6.39. The number of fused-ring (bicyclic) bond motifs is 1. The van der Waals surface area contributed by atoms with Crippen molar-refractivity contribution in [3.63, 3.8) is 0 Å². The number of aromatic nitrogens is 4. The number of nitrogens with one attached hydrogen (secondary N) is 2. The highest BCUT2D eigenvalue weighted by molar-refractivity contribution is 5.98. The number of ether oxygens (including phenoxy) is 2. The van der Waals surface area contributed by atoms with Gasteiger partial charge in [-0.05, 0) is 42.3 Å². The Morgan fingerprint density at radius 1 is 1.24 bits per heavy atom. The second kappa shape index (κ2) is 10.5. The van der Waals surface area contributed by atoms with Crippen LogP contribution >= 0.6 is 0 Å². The number of hydrogen-bond acceptors (Lipinski definition) is 7. The van der Waals surface area contributed by atoms with Crippen LogP contribution in [0.3, 0.4) is 0 Å². The summed E-state index contributed by atoms with van der Waals surface area (Å²) in [7, 11) is 3.14. The topological polar surface area (TPSA) is 103 Å². The number of methoxy groups -OCH3 is 1. The van der Waals surface area contributed by atoms with Crippen LogP contribution in [0.25, 0.3) is 10.9 Å². The Balaban J connectivity index is 1.42. The quantitative estimate of drug-likeness (QED) is 0.393. The molecule has 37 heavy (non-hydrogen) atoms. The van der Waals surface area contributed by atoms with Crippen molar-refractivity contribution in [1.82, 2.24) is 25.1 Å². The lowest BCUT2D eigenvalue weighted by molar-refractivity contribution is 0.0284. The molecule has 2 N–H and O–H groups in total. The van der Waals surface area contributed by atoms with Crippen LogP contribution in [0, 0.1) is 5.82 Å². The lowest BCUT2D eigenvalue weighted by Gasteiger charge is -2.26. The van der Waals surface area contributed by atoms with Crippen LogP contribution < -0.4 is 15.4 Å². The van der Waals surface area contributed by atoms with Crippen molar-refractivity contribution >= 4 is 22.8 Å². The molecule has 0 spiro atoms. The minimum absolute atomic E-state index is 0.0332. The highest BCUT2D eigenvalue weighted by Crippen LogP contribution is 2.27. The highest BCUT2D eigenvalue weighted by Gasteiger charge is 2.26. The maximum Gasteiger partial charge on any atom is 0.252 e. The smallest absolute Gasteiger partial charge is 0.252 e. The molecule has 0 unspecified atom stereocenters. The fraction of sp³-hybridized carbons (Fsp3) is 0.308. The number of alkyl halides is 1.